The Morgan fingerprint density at radius 1 is 0.596 bits per heavy atom. The van der Waals surface area contributed by atoms with Crippen LogP contribution >= 0.6 is 0 Å². The van der Waals surface area contributed by atoms with E-state index in [1.165, 1.54) is 43.2 Å². The maximum Gasteiger partial charge on any atom is 0.164 e. The van der Waals surface area contributed by atoms with Crippen molar-refractivity contribution in [3.63, 3.8) is 0 Å². The van der Waals surface area contributed by atoms with Crippen LogP contribution in [0.3, 0.4) is 0 Å². The molecule has 0 saturated heterocycles. The van der Waals surface area contributed by atoms with Crippen molar-refractivity contribution in [1.29, 1.82) is 5.26 Å². The number of fused-ring (bicyclic) bond motifs is 3. The zero-order chi connectivity index (χ0) is 32.0. The standard InChI is InChI=1S/C43H38N4/c1-28-21-30-22-29(2)25-43(24-28,26-30)36-18-15-31(16-19-36)38-13-6-7-14-39(38)42-46-40(32-9-4-3-5-10-32)45-41(47-42)34-17-20-37-33(23-34)11-8-12-35(37)27-44/h3-20,23,28-30H,21-22,24-26H2,1-2H3/t28-,29+,30-,43?. The van der Waals surface area contributed by atoms with Crippen molar-refractivity contribution in [3.8, 4) is 51.4 Å². The minimum atomic E-state index is 0.305. The van der Waals surface area contributed by atoms with Crippen LogP contribution < -0.4 is 0 Å². The molecule has 5 aromatic carbocycles. The quantitative estimate of drug-likeness (QED) is 0.195. The molecule has 6 aromatic rings. The van der Waals surface area contributed by atoms with Gasteiger partial charge in [-0.15, -0.1) is 0 Å². The lowest BCUT2D eigenvalue weighted by Gasteiger charge is -2.50. The Morgan fingerprint density at radius 2 is 1.23 bits per heavy atom. The average Bonchev–Trinajstić information content (AvgIpc) is 3.10. The summed E-state index contributed by atoms with van der Waals surface area (Å²) in [5, 5.41) is 11.5. The van der Waals surface area contributed by atoms with E-state index in [1.54, 1.807) is 0 Å². The first kappa shape index (κ1) is 29.3. The van der Waals surface area contributed by atoms with Gasteiger partial charge in [0.05, 0.1) is 11.6 Å². The maximum absolute atomic E-state index is 9.62. The van der Waals surface area contributed by atoms with Gasteiger partial charge in [0.1, 0.15) is 0 Å². The van der Waals surface area contributed by atoms with Gasteiger partial charge < -0.3 is 0 Å². The molecule has 47 heavy (non-hydrogen) atoms. The van der Waals surface area contributed by atoms with Crippen LogP contribution in [-0.4, -0.2) is 15.0 Å². The van der Waals surface area contributed by atoms with Crippen LogP contribution in [0.5, 0.6) is 0 Å². The molecule has 0 spiro atoms. The van der Waals surface area contributed by atoms with Crippen LogP contribution in [0, 0.1) is 29.1 Å². The molecule has 4 atom stereocenters. The summed E-state index contributed by atoms with van der Waals surface area (Å²) in [6, 6.07) is 42.1. The molecule has 2 saturated carbocycles. The Bertz CT molecular complexity index is 2110. The molecular formula is C43H38N4. The number of hydrogen-bond donors (Lipinski definition) is 0. The Kier molecular flexibility index (Phi) is 7.41. The van der Waals surface area contributed by atoms with Gasteiger partial charge >= 0.3 is 0 Å². The Balaban J connectivity index is 1.22. The summed E-state index contributed by atoms with van der Waals surface area (Å²) in [4.78, 5) is 15.1. The second kappa shape index (κ2) is 11.9. The Hall–Kier alpha value is -5.14. The summed E-state index contributed by atoms with van der Waals surface area (Å²) < 4.78 is 0. The lowest BCUT2D eigenvalue weighted by molar-refractivity contribution is 0.0780. The SMILES string of the molecule is C[C@@H]1C[C@@H]2C[C@H](C)CC(c3ccc(-c4ccccc4-c4nc(-c5ccccc5)nc(-c5ccc6c(C#N)cccc6c5)n4)cc3)(C1)C2. The summed E-state index contributed by atoms with van der Waals surface area (Å²) in [6.45, 7) is 4.91. The van der Waals surface area contributed by atoms with Crippen molar-refractivity contribution in [1.82, 2.24) is 15.0 Å². The number of aromatic nitrogens is 3. The molecule has 2 aliphatic carbocycles. The smallest absolute Gasteiger partial charge is 0.164 e. The van der Waals surface area contributed by atoms with Crippen LogP contribution in [0.25, 0.3) is 56.1 Å². The third kappa shape index (κ3) is 5.51. The first-order valence-corrected chi connectivity index (χ1v) is 16.9. The highest BCUT2D eigenvalue weighted by Crippen LogP contribution is 2.54. The summed E-state index contributed by atoms with van der Waals surface area (Å²) in [5.41, 5.74) is 7.55. The van der Waals surface area contributed by atoms with E-state index in [9.17, 15) is 5.26 Å². The Labute approximate surface area is 277 Å². The molecule has 4 heteroatoms. The second-order valence-electron chi connectivity index (χ2n) is 14.1. The largest absolute Gasteiger partial charge is 0.208 e. The first-order chi connectivity index (χ1) is 23.0. The number of rotatable bonds is 5. The van der Waals surface area contributed by atoms with Crippen molar-refractivity contribution in [2.45, 2.75) is 51.4 Å². The fraction of sp³-hybridized carbons (Fsp3) is 0.256. The van der Waals surface area contributed by atoms with E-state index >= 15 is 0 Å². The topological polar surface area (TPSA) is 62.5 Å². The van der Waals surface area contributed by atoms with E-state index in [4.69, 9.17) is 15.0 Å². The predicted molar refractivity (Wildman–Crippen MR) is 190 cm³/mol. The van der Waals surface area contributed by atoms with Crippen molar-refractivity contribution < 1.29 is 0 Å². The molecule has 2 aliphatic rings. The normalized spacial score (nSPS) is 22.1. The average molecular weight is 611 g/mol. The molecule has 4 nitrogen and oxygen atoms in total. The summed E-state index contributed by atoms with van der Waals surface area (Å²) in [5.74, 6) is 4.31. The maximum atomic E-state index is 9.62. The molecular weight excluding hydrogens is 573 g/mol. The minimum absolute atomic E-state index is 0.305. The van der Waals surface area contributed by atoms with E-state index in [0.717, 1.165) is 50.8 Å². The van der Waals surface area contributed by atoms with E-state index in [1.807, 2.05) is 60.7 Å². The number of benzene rings is 5. The Morgan fingerprint density at radius 3 is 1.96 bits per heavy atom. The zero-order valence-corrected chi connectivity index (χ0v) is 27.0. The van der Waals surface area contributed by atoms with Gasteiger partial charge in [-0.3, -0.25) is 0 Å². The first-order valence-electron chi connectivity index (χ1n) is 16.9. The van der Waals surface area contributed by atoms with E-state index in [-0.39, 0.29) is 0 Å². The van der Waals surface area contributed by atoms with Crippen molar-refractivity contribution in [2.75, 3.05) is 0 Å². The summed E-state index contributed by atoms with van der Waals surface area (Å²) in [6.07, 6.45) is 6.70. The third-order valence-corrected chi connectivity index (χ3v) is 10.5. The van der Waals surface area contributed by atoms with Gasteiger partial charge in [0.15, 0.2) is 17.5 Å². The van der Waals surface area contributed by atoms with Crippen molar-refractivity contribution >= 4 is 10.8 Å². The fourth-order valence-corrected chi connectivity index (χ4v) is 8.85. The van der Waals surface area contributed by atoms with Crippen LogP contribution in [-0.2, 0) is 5.41 Å². The minimum Gasteiger partial charge on any atom is -0.208 e. The number of hydrogen-bond acceptors (Lipinski definition) is 4. The number of nitriles is 1. The summed E-state index contributed by atoms with van der Waals surface area (Å²) in [7, 11) is 0. The molecule has 2 bridgehead atoms. The molecule has 1 aromatic heterocycles. The highest BCUT2D eigenvalue weighted by molar-refractivity contribution is 5.91. The predicted octanol–water partition coefficient (Wildman–Crippen LogP) is 10.7. The summed E-state index contributed by atoms with van der Waals surface area (Å²) >= 11 is 0. The molecule has 1 heterocycles. The van der Waals surface area contributed by atoms with Crippen LogP contribution in [0.4, 0.5) is 0 Å². The highest BCUT2D eigenvalue weighted by atomic mass is 15.0. The second-order valence-corrected chi connectivity index (χ2v) is 14.1. The molecule has 0 N–H and O–H groups in total. The molecule has 0 aliphatic heterocycles. The highest BCUT2D eigenvalue weighted by Gasteiger charge is 2.45. The third-order valence-electron chi connectivity index (χ3n) is 10.5. The van der Waals surface area contributed by atoms with E-state index in [2.05, 4.69) is 74.5 Å². The molecule has 2 fully saturated rings. The van der Waals surface area contributed by atoms with E-state index < -0.39 is 0 Å². The van der Waals surface area contributed by atoms with Crippen LogP contribution in [0.1, 0.15) is 57.1 Å². The van der Waals surface area contributed by atoms with Crippen molar-refractivity contribution in [2.24, 2.45) is 17.8 Å². The van der Waals surface area contributed by atoms with Gasteiger partial charge in [0.25, 0.3) is 0 Å². The van der Waals surface area contributed by atoms with Gasteiger partial charge in [0.2, 0.25) is 0 Å². The lowest BCUT2D eigenvalue weighted by atomic mass is 9.54. The monoisotopic (exact) mass is 610 g/mol. The van der Waals surface area contributed by atoms with Crippen LogP contribution in [0.2, 0.25) is 0 Å². The molecule has 1 unspecified atom stereocenters. The van der Waals surface area contributed by atoms with Gasteiger partial charge in [-0.25, -0.2) is 15.0 Å². The lowest BCUT2D eigenvalue weighted by Crippen LogP contribution is -2.42. The van der Waals surface area contributed by atoms with Crippen LogP contribution in [0.15, 0.2) is 115 Å². The van der Waals surface area contributed by atoms with Gasteiger partial charge in [-0.05, 0) is 94.9 Å². The number of nitrogens with zero attached hydrogens (tertiary/aromatic N) is 4. The molecule has 0 amide bonds. The molecule has 8 rings (SSSR count). The van der Waals surface area contributed by atoms with Gasteiger partial charge in [-0.1, -0.05) is 117 Å². The molecule has 230 valence electrons. The van der Waals surface area contributed by atoms with Gasteiger partial charge in [0, 0.05) is 16.7 Å². The van der Waals surface area contributed by atoms with Crippen molar-refractivity contribution in [3.05, 3.63) is 126 Å². The fourth-order valence-electron chi connectivity index (χ4n) is 8.85. The molecule has 0 radical (unpaired) electrons. The van der Waals surface area contributed by atoms with E-state index in [0.29, 0.717) is 28.5 Å². The van der Waals surface area contributed by atoms with Gasteiger partial charge in [-0.2, -0.15) is 5.26 Å². The zero-order valence-electron chi connectivity index (χ0n) is 27.0.